The Hall–Kier alpha value is -2.85. The molecule has 0 aliphatic heterocycles. The first kappa shape index (κ1) is 28.0. The normalized spacial score (nSPS) is 23.3. The first-order chi connectivity index (χ1) is 20.2. The van der Waals surface area contributed by atoms with Gasteiger partial charge >= 0.3 is 5.97 Å². The van der Waals surface area contributed by atoms with Gasteiger partial charge in [0.15, 0.2) is 5.13 Å². The van der Waals surface area contributed by atoms with Crippen molar-refractivity contribution in [1.29, 1.82) is 0 Å². The van der Waals surface area contributed by atoms with Crippen LogP contribution >= 0.6 is 34.5 Å². The molecule has 8 nitrogen and oxygen atoms in total. The van der Waals surface area contributed by atoms with E-state index in [0.717, 1.165) is 53.3 Å². The van der Waals surface area contributed by atoms with Gasteiger partial charge in [0.25, 0.3) is 0 Å². The molecule has 0 amide bonds. The summed E-state index contributed by atoms with van der Waals surface area (Å²) < 4.78 is 19.2. The zero-order chi connectivity index (χ0) is 29.1. The minimum Gasteiger partial charge on any atom is -0.489 e. The molecule has 4 aromatic rings. The molecule has 0 spiro atoms. The molecule has 42 heavy (non-hydrogen) atoms. The molecule has 3 aliphatic rings. The summed E-state index contributed by atoms with van der Waals surface area (Å²) in [5, 5.41) is 19.5. The number of fused-ring (bicyclic) bond motifs is 3. The van der Waals surface area contributed by atoms with Crippen molar-refractivity contribution in [3.05, 3.63) is 57.3 Å². The largest absolute Gasteiger partial charge is 0.489 e. The van der Waals surface area contributed by atoms with E-state index >= 15 is 0 Å². The number of rotatable bonds is 10. The minimum absolute atomic E-state index is 0.0885. The van der Waals surface area contributed by atoms with Crippen LogP contribution in [-0.2, 0) is 11.3 Å². The maximum absolute atomic E-state index is 11.7. The van der Waals surface area contributed by atoms with E-state index < -0.39 is 5.97 Å². The first-order valence-electron chi connectivity index (χ1n) is 14.4. The van der Waals surface area contributed by atoms with Gasteiger partial charge in [-0.2, -0.15) is 0 Å². The summed E-state index contributed by atoms with van der Waals surface area (Å²) >= 11 is 14.6. The van der Waals surface area contributed by atoms with Gasteiger partial charge in [-0.1, -0.05) is 45.8 Å². The quantitative estimate of drug-likeness (QED) is 0.180. The average Bonchev–Trinajstić information content (AvgIpc) is 3.23. The van der Waals surface area contributed by atoms with E-state index in [-0.39, 0.29) is 23.8 Å². The van der Waals surface area contributed by atoms with Crippen molar-refractivity contribution in [1.82, 2.24) is 10.1 Å². The van der Waals surface area contributed by atoms with E-state index in [1.807, 2.05) is 32.0 Å². The van der Waals surface area contributed by atoms with Crippen molar-refractivity contribution in [2.45, 2.75) is 76.7 Å². The second-order valence-electron chi connectivity index (χ2n) is 11.9. The number of thiazole rings is 1. The molecule has 2 aromatic heterocycles. The van der Waals surface area contributed by atoms with E-state index in [1.165, 1.54) is 11.3 Å². The number of carboxylic acids is 1. The second-order valence-corrected chi connectivity index (χ2v) is 13.7. The van der Waals surface area contributed by atoms with Crippen molar-refractivity contribution in [3.63, 3.8) is 0 Å². The molecule has 2 heterocycles. The molecule has 2 aromatic carbocycles. The predicted octanol–water partition coefficient (Wildman–Crippen LogP) is 8.42. The molecule has 4 atom stereocenters. The van der Waals surface area contributed by atoms with Crippen LogP contribution in [0.3, 0.4) is 0 Å². The Morgan fingerprint density at radius 1 is 1.19 bits per heavy atom. The maximum atomic E-state index is 11.7. The number of carboxylic acid groups (broad SMARTS) is 1. The monoisotopic (exact) mass is 627 g/mol. The number of hydrogen-bond acceptors (Lipinski definition) is 8. The number of anilines is 1. The van der Waals surface area contributed by atoms with E-state index in [0.29, 0.717) is 56.9 Å². The summed E-state index contributed by atoms with van der Waals surface area (Å²) in [6.45, 7) is 4.22. The highest BCUT2D eigenvalue weighted by Gasteiger charge is 2.47. The van der Waals surface area contributed by atoms with Crippen molar-refractivity contribution in [3.8, 4) is 17.0 Å². The molecule has 220 valence electrons. The van der Waals surface area contributed by atoms with Crippen LogP contribution in [0.2, 0.25) is 10.0 Å². The average molecular weight is 629 g/mol. The molecular weight excluding hydrogens is 597 g/mol. The van der Waals surface area contributed by atoms with Gasteiger partial charge in [-0.05, 0) is 76.1 Å². The molecule has 0 saturated heterocycles. The molecule has 3 aliphatic carbocycles. The number of aromatic nitrogens is 2. The number of nitrogens with one attached hydrogen (secondary N) is 1. The maximum Gasteiger partial charge on any atom is 0.335 e. The molecule has 0 unspecified atom stereocenters. The molecule has 3 saturated carbocycles. The Morgan fingerprint density at radius 2 is 1.98 bits per heavy atom. The van der Waals surface area contributed by atoms with Crippen molar-refractivity contribution in [2.75, 3.05) is 5.32 Å². The van der Waals surface area contributed by atoms with E-state index in [2.05, 4.69) is 10.5 Å². The smallest absolute Gasteiger partial charge is 0.335 e. The number of benzene rings is 2. The second kappa shape index (κ2) is 11.0. The van der Waals surface area contributed by atoms with E-state index in [4.69, 9.17) is 42.2 Å². The Bertz CT molecular complexity index is 1650. The summed E-state index contributed by atoms with van der Waals surface area (Å²) in [6.07, 6.45) is 5.32. The first-order valence-corrected chi connectivity index (χ1v) is 16.0. The highest BCUT2D eigenvalue weighted by atomic mass is 35.5. The number of carbonyl (C=O) groups is 1. The van der Waals surface area contributed by atoms with Crippen molar-refractivity contribution < 1.29 is 23.9 Å². The van der Waals surface area contributed by atoms with Gasteiger partial charge in [0.05, 0.1) is 39.1 Å². The summed E-state index contributed by atoms with van der Waals surface area (Å²) in [4.78, 5) is 16.5. The van der Waals surface area contributed by atoms with Crippen molar-refractivity contribution in [2.24, 2.45) is 11.8 Å². The highest BCUT2D eigenvalue weighted by molar-refractivity contribution is 7.22. The van der Waals surface area contributed by atoms with Crippen LogP contribution < -0.4 is 10.1 Å². The van der Waals surface area contributed by atoms with Gasteiger partial charge < -0.3 is 24.4 Å². The molecular formula is C31H31Cl2N3O5S. The third-order valence-electron chi connectivity index (χ3n) is 8.54. The fourth-order valence-corrected chi connectivity index (χ4v) is 8.13. The van der Waals surface area contributed by atoms with Crippen LogP contribution in [0.1, 0.15) is 73.6 Å². The molecule has 7 rings (SSSR count). The van der Waals surface area contributed by atoms with E-state index in [9.17, 15) is 9.90 Å². The van der Waals surface area contributed by atoms with Crippen LogP contribution in [0.4, 0.5) is 5.13 Å². The van der Waals surface area contributed by atoms with Gasteiger partial charge in [-0.3, -0.25) is 0 Å². The Kier molecular flexibility index (Phi) is 7.33. The lowest BCUT2D eigenvalue weighted by Gasteiger charge is -2.30. The summed E-state index contributed by atoms with van der Waals surface area (Å²) in [7, 11) is 0. The molecule has 2 N–H and O–H groups in total. The van der Waals surface area contributed by atoms with Gasteiger partial charge in [0.2, 0.25) is 0 Å². The SMILES string of the molecule is CC(C)Oc1cc(C(=O)O)cc2sc(N[C@@H]3C[C@H]4C[C@@H]3[C@@H](OCc3c(-c5c(Cl)cccc5Cl)noc3C3CC3)C4)nc12. The number of ether oxygens (including phenoxy) is 2. The van der Waals surface area contributed by atoms with Gasteiger partial charge in [-0.25, -0.2) is 9.78 Å². The van der Waals surface area contributed by atoms with Crippen LogP contribution in [0, 0.1) is 11.8 Å². The van der Waals surface area contributed by atoms with Crippen LogP contribution in [0.25, 0.3) is 21.5 Å². The summed E-state index contributed by atoms with van der Waals surface area (Å²) in [5.41, 5.74) is 3.17. The number of nitrogens with zero attached hydrogens (tertiary/aromatic N) is 2. The summed E-state index contributed by atoms with van der Waals surface area (Å²) in [6, 6.07) is 8.88. The minimum atomic E-state index is -0.987. The predicted molar refractivity (Wildman–Crippen MR) is 163 cm³/mol. The lowest BCUT2D eigenvalue weighted by Crippen LogP contribution is -2.35. The zero-order valence-corrected chi connectivity index (χ0v) is 25.6. The molecule has 11 heteroatoms. The van der Waals surface area contributed by atoms with Gasteiger partial charge in [0.1, 0.15) is 22.7 Å². The fourth-order valence-electron chi connectivity index (χ4n) is 6.57. The lowest BCUT2D eigenvalue weighted by atomic mass is 9.92. The Morgan fingerprint density at radius 3 is 2.67 bits per heavy atom. The Balaban J connectivity index is 1.10. The topological polar surface area (TPSA) is 107 Å². The number of aromatic carboxylic acids is 1. The van der Waals surface area contributed by atoms with Gasteiger partial charge in [-0.15, -0.1) is 0 Å². The number of hydrogen-bond donors (Lipinski definition) is 2. The number of halogens is 2. The third kappa shape index (κ3) is 5.25. The standard InChI is InChI=1S/C31H31Cl2N3O5S/c1-14(2)40-24-11-17(30(37)38)12-25-28(24)35-31(42-25)34-22-9-15-8-18(22)23(10-15)39-13-19-27(36-41-29(19)16-6-7-16)26-20(32)4-3-5-21(26)33/h3-5,11-12,14-16,18,22-23H,6-10,13H2,1-2H3,(H,34,35)(H,37,38)/t15-,18+,22-,23+/m1/s1. The van der Waals surface area contributed by atoms with Crippen LogP contribution in [0.15, 0.2) is 34.9 Å². The summed E-state index contributed by atoms with van der Waals surface area (Å²) in [5.74, 6) is 1.67. The molecule has 0 radical (unpaired) electrons. The Labute approximate surface area is 257 Å². The van der Waals surface area contributed by atoms with Crippen LogP contribution in [-0.4, -0.2) is 39.5 Å². The fraction of sp³-hybridized carbons (Fsp3) is 0.452. The molecule has 2 bridgehead atoms. The lowest BCUT2D eigenvalue weighted by molar-refractivity contribution is 0.00148. The van der Waals surface area contributed by atoms with Crippen molar-refractivity contribution >= 4 is 55.9 Å². The molecule has 3 fully saturated rings. The van der Waals surface area contributed by atoms with Gasteiger partial charge in [0, 0.05) is 29.0 Å². The third-order valence-corrected chi connectivity index (χ3v) is 10.1. The van der Waals surface area contributed by atoms with E-state index in [1.54, 1.807) is 12.1 Å². The zero-order valence-electron chi connectivity index (χ0n) is 23.2. The highest BCUT2D eigenvalue weighted by Crippen LogP contribution is 2.50. The van der Waals surface area contributed by atoms with Crippen LogP contribution in [0.5, 0.6) is 5.75 Å².